The minimum absolute atomic E-state index is 0.00337. The minimum atomic E-state index is -2.50. The van der Waals surface area contributed by atoms with Crippen LogP contribution < -0.4 is 0 Å². The van der Waals surface area contributed by atoms with Crippen LogP contribution in [0.15, 0.2) is 28.5 Å². The van der Waals surface area contributed by atoms with Gasteiger partial charge < -0.3 is 48.7 Å². The van der Waals surface area contributed by atoms with E-state index in [1.54, 1.807) is 28.3 Å². The quantitative estimate of drug-likeness (QED) is 0.0751. The van der Waals surface area contributed by atoms with Gasteiger partial charge in [-0.3, -0.25) is 9.59 Å². The van der Waals surface area contributed by atoms with Crippen LogP contribution in [0.3, 0.4) is 0 Å². The Bertz CT molecular complexity index is 1590. The van der Waals surface area contributed by atoms with Gasteiger partial charge in [0.05, 0.1) is 36.2 Å². The lowest BCUT2D eigenvalue weighted by Crippen LogP contribution is -2.64. The number of allylic oxidation sites excluding steroid dienone is 3. The van der Waals surface area contributed by atoms with Crippen molar-refractivity contribution in [2.45, 2.75) is 167 Å². The van der Waals surface area contributed by atoms with Crippen LogP contribution in [0.2, 0.25) is 0 Å². The number of hydrogen-bond donors (Lipinski definition) is 3. The zero-order valence-electron chi connectivity index (χ0n) is 37.3. The first-order chi connectivity index (χ1) is 28.5. The molecule has 0 aromatic rings. The smallest absolute Gasteiger partial charge is 0.329 e. The third kappa shape index (κ3) is 12.1. The zero-order chi connectivity index (χ0) is 44.3. The fourth-order valence-corrected chi connectivity index (χ4v) is 9.67. The Morgan fingerprint density at radius 2 is 1.67 bits per heavy atom. The molecule has 3 N–H and O–H groups in total. The Morgan fingerprint density at radius 3 is 2.32 bits per heavy atom. The molecule has 0 radical (unpaired) electrons. The monoisotopic (exact) mass is 845 g/mol. The second kappa shape index (κ2) is 22.8. The number of terminal acetylenes is 1. The molecule has 14 nitrogen and oxygen atoms in total. The normalized spacial score (nSPS) is 40.0. The summed E-state index contributed by atoms with van der Waals surface area (Å²) < 4.78 is 30.0. The van der Waals surface area contributed by atoms with Crippen LogP contribution in [0.1, 0.15) is 112 Å². The van der Waals surface area contributed by atoms with E-state index < -0.39 is 77.9 Å². The van der Waals surface area contributed by atoms with E-state index in [0.717, 1.165) is 5.57 Å². The summed E-state index contributed by atoms with van der Waals surface area (Å²) in [7, 11) is 4.66. The van der Waals surface area contributed by atoms with Crippen molar-refractivity contribution in [3.8, 4) is 12.3 Å². The van der Waals surface area contributed by atoms with E-state index in [2.05, 4.69) is 24.1 Å². The summed E-state index contributed by atoms with van der Waals surface area (Å²) in [4.78, 5) is 49.8. The highest BCUT2D eigenvalue weighted by atomic mass is 16.7. The number of piperidine rings is 1. The van der Waals surface area contributed by atoms with E-state index in [9.17, 15) is 29.7 Å². The zero-order valence-corrected chi connectivity index (χ0v) is 37.3. The number of oxime groups is 1. The van der Waals surface area contributed by atoms with Gasteiger partial charge in [0.25, 0.3) is 11.7 Å². The van der Waals surface area contributed by atoms with Crippen LogP contribution in [0, 0.1) is 41.9 Å². The summed E-state index contributed by atoms with van der Waals surface area (Å²) in [6, 6.07) is -1.13. The number of esters is 1. The number of nitrogens with zero attached hydrogens (tertiary/aromatic N) is 2. The number of carbonyl (C=O) groups excluding carboxylic acids is 3. The molecule has 2 saturated heterocycles. The molecule has 0 spiro atoms. The Hall–Kier alpha value is -3.16. The van der Waals surface area contributed by atoms with Crippen molar-refractivity contribution in [1.29, 1.82) is 0 Å². The van der Waals surface area contributed by atoms with Crippen LogP contribution in [-0.2, 0) is 42.9 Å². The lowest BCUT2D eigenvalue weighted by Gasteiger charge is -2.47. The number of aliphatic hydroxyl groups excluding tert-OH is 2. The van der Waals surface area contributed by atoms with Gasteiger partial charge in [-0.1, -0.05) is 56.5 Å². The number of rotatable bonds is 8. The third-order valence-electron chi connectivity index (χ3n) is 13.2. The highest BCUT2D eigenvalue weighted by Gasteiger charge is 2.56. The molecule has 3 fully saturated rings. The average molecular weight is 845 g/mol. The predicted molar refractivity (Wildman–Crippen MR) is 225 cm³/mol. The molecule has 14 atom stereocenters. The summed E-state index contributed by atoms with van der Waals surface area (Å²) in [6.07, 6.45) is 9.95. The minimum Gasteiger partial charge on any atom is -0.456 e. The van der Waals surface area contributed by atoms with E-state index in [-0.39, 0.29) is 56.3 Å². The predicted octanol–water partition coefficient (Wildman–Crippen LogP) is 4.91. The van der Waals surface area contributed by atoms with Gasteiger partial charge >= 0.3 is 5.97 Å². The van der Waals surface area contributed by atoms with Crippen molar-refractivity contribution in [3.63, 3.8) is 0 Å². The maximum Gasteiger partial charge on any atom is 0.329 e. The molecule has 0 aromatic carbocycles. The van der Waals surface area contributed by atoms with Gasteiger partial charge in [0.2, 0.25) is 5.79 Å². The van der Waals surface area contributed by atoms with Gasteiger partial charge in [-0.05, 0) is 95.5 Å². The van der Waals surface area contributed by atoms with E-state index in [0.29, 0.717) is 62.7 Å². The molecule has 4 aliphatic rings. The van der Waals surface area contributed by atoms with Crippen LogP contribution in [-0.4, -0.2) is 133 Å². The van der Waals surface area contributed by atoms with Crippen LogP contribution >= 0.6 is 0 Å². The third-order valence-corrected chi connectivity index (χ3v) is 13.2. The van der Waals surface area contributed by atoms with Crippen molar-refractivity contribution in [2.24, 2.45) is 34.7 Å². The summed E-state index contributed by atoms with van der Waals surface area (Å²) in [5, 5.41) is 39.1. The number of amides is 1. The second-order valence-electron chi connectivity index (χ2n) is 17.7. The molecule has 60 heavy (non-hydrogen) atoms. The topological polar surface area (TPSA) is 183 Å². The number of fused-ring (bicyclic) bond motifs is 3. The number of carbonyl (C=O) groups is 3. The van der Waals surface area contributed by atoms with Crippen molar-refractivity contribution >= 4 is 23.4 Å². The van der Waals surface area contributed by atoms with E-state index in [1.807, 2.05) is 33.8 Å². The standard InChI is InChI=1S/C46H72N2O12/c1-11-19-58-47-34-26-37(50)31(7)41(29(5)23-32-16-17-36(49)38(25-32)55-8)59-45(53)35-15-13-14-18-48(35)44(52)43(51)46(54)30(6)24-40(57-10)42(60-46)39(56-9)22-28(4)20-27(3)21-33(34)12-2/h1,21,23,28,30-33,35-42,49-50,54H,12-20,22,24-26H2,2-10H3/b27-21+,29-23+,47-34-/t28-,30+,31+,32-,33+,35-,36+,37-,38+,39-,40-,41+,42+,46+/m0/s1. The highest BCUT2D eigenvalue weighted by Crippen LogP contribution is 2.39. The fourth-order valence-electron chi connectivity index (χ4n) is 9.67. The van der Waals surface area contributed by atoms with Gasteiger partial charge in [0.15, 0.2) is 6.61 Å². The van der Waals surface area contributed by atoms with E-state index in [4.69, 9.17) is 34.9 Å². The first-order valence-corrected chi connectivity index (χ1v) is 21.9. The Morgan fingerprint density at radius 1 is 0.983 bits per heavy atom. The van der Waals surface area contributed by atoms with Gasteiger partial charge in [-0.2, -0.15) is 0 Å². The molecule has 0 unspecified atom stereocenters. The Balaban J connectivity index is 1.82. The molecule has 4 rings (SSSR count). The number of Topliss-reactive ketones (excluding diaryl/α,β-unsaturated/α-hetero) is 1. The lowest BCUT2D eigenvalue weighted by atomic mass is 9.81. The van der Waals surface area contributed by atoms with Crippen molar-refractivity contribution in [2.75, 3.05) is 34.5 Å². The molecule has 0 aromatic heterocycles. The molecule has 3 aliphatic heterocycles. The molecule has 1 amide bonds. The summed E-state index contributed by atoms with van der Waals surface area (Å²) >= 11 is 0. The Kier molecular flexibility index (Phi) is 18.8. The van der Waals surface area contributed by atoms with Crippen LogP contribution in [0.25, 0.3) is 0 Å². The summed E-state index contributed by atoms with van der Waals surface area (Å²) in [5.74, 6) is -4.63. The number of ether oxygens (including phenoxy) is 5. The molecule has 1 saturated carbocycles. The van der Waals surface area contributed by atoms with E-state index >= 15 is 0 Å². The molecular formula is C46H72N2O12. The molecule has 3 heterocycles. The van der Waals surface area contributed by atoms with Crippen LogP contribution in [0.4, 0.5) is 0 Å². The first-order valence-electron chi connectivity index (χ1n) is 21.9. The lowest BCUT2D eigenvalue weighted by molar-refractivity contribution is -0.302. The molecular weight excluding hydrogens is 773 g/mol. The number of cyclic esters (lactones) is 1. The van der Waals surface area contributed by atoms with Gasteiger partial charge in [-0.25, -0.2) is 4.79 Å². The second-order valence-corrected chi connectivity index (χ2v) is 17.7. The fraction of sp³-hybridized carbons (Fsp3) is 0.783. The largest absolute Gasteiger partial charge is 0.456 e. The number of methoxy groups -OCH3 is 3. The molecule has 338 valence electrons. The van der Waals surface area contributed by atoms with Gasteiger partial charge in [-0.15, -0.1) is 6.42 Å². The average Bonchev–Trinajstić information content (AvgIpc) is 3.23. The first kappa shape index (κ1) is 49.5. The van der Waals surface area contributed by atoms with Crippen molar-refractivity contribution in [3.05, 3.63) is 23.3 Å². The van der Waals surface area contributed by atoms with Crippen molar-refractivity contribution in [1.82, 2.24) is 4.90 Å². The number of aliphatic hydroxyl groups is 3. The van der Waals surface area contributed by atoms with Gasteiger partial charge in [0, 0.05) is 52.0 Å². The van der Waals surface area contributed by atoms with Gasteiger partial charge in [0.1, 0.15) is 18.2 Å². The summed E-state index contributed by atoms with van der Waals surface area (Å²) in [6.45, 7) is 11.5. The summed E-state index contributed by atoms with van der Waals surface area (Å²) in [5.41, 5.74) is 2.35. The number of ketones is 1. The molecule has 1 aliphatic carbocycles. The van der Waals surface area contributed by atoms with E-state index in [1.165, 1.54) is 4.90 Å². The van der Waals surface area contributed by atoms with Crippen LogP contribution in [0.5, 0.6) is 0 Å². The molecule has 14 heteroatoms. The SMILES string of the molecule is C#CCO/N=C1/C[C@H](O)[C@@H](C)[C@@H](/C(C)=C/[C@@H]2CC[C@@H](O)[C@H](OC)C2)OC(=O)[C@@H]2CCCCN2C(=O)C(=O)[C@]2(O)O[C@H]([C@@H](OC)C[C@@H](C)C/C(C)=C/[C@H]1CC)[C@@H](OC)C[C@H]2C. The van der Waals surface area contributed by atoms with Crippen molar-refractivity contribution < 1.29 is 58.2 Å². The number of hydrogen-bond acceptors (Lipinski definition) is 13. The maximum atomic E-state index is 14.5. The highest BCUT2D eigenvalue weighted by molar-refractivity contribution is 6.39. The maximum absolute atomic E-state index is 14.5. The molecule has 2 bridgehead atoms. The Labute approximate surface area is 357 Å².